The highest BCUT2D eigenvalue weighted by molar-refractivity contribution is 5.60. The van der Waals surface area contributed by atoms with Crippen molar-refractivity contribution >= 4 is 0 Å². The number of benzene rings is 2. The van der Waals surface area contributed by atoms with Gasteiger partial charge in [-0.2, -0.15) is 15.0 Å². The molecule has 0 amide bonds. The zero-order valence-corrected chi connectivity index (χ0v) is 15.4. The SMILES string of the molecule is Cc1cccc(Cn2nc(CNC3CCCC3)c(-c3ccccc3)n2)c1. The van der Waals surface area contributed by atoms with Crippen molar-refractivity contribution < 1.29 is 0 Å². The predicted octanol–water partition coefficient (Wildman–Crippen LogP) is 4.33. The topological polar surface area (TPSA) is 42.7 Å². The van der Waals surface area contributed by atoms with Gasteiger partial charge >= 0.3 is 0 Å². The summed E-state index contributed by atoms with van der Waals surface area (Å²) in [6.07, 6.45) is 5.22. The number of aryl methyl sites for hydroxylation is 1. The summed E-state index contributed by atoms with van der Waals surface area (Å²) in [5.74, 6) is 0. The summed E-state index contributed by atoms with van der Waals surface area (Å²) in [7, 11) is 0. The molecule has 134 valence electrons. The Morgan fingerprint density at radius 2 is 1.81 bits per heavy atom. The zero-order chi connectivity index (χ0) is 17.8. The van der Waals surface area contributed by atoms with Crippen molar-refractivity contribution in [2.24, 2.45) is 0 Å². The molecule has 0 spiro atoms. The molecule has 2 aromatic carbocycles. The highest BCUT2D eigenvalue weighted by atomic mass is 15.5. The molecule has 3 aromatic rings. The fourth-order valence-corrected chi connectivity index (χ4v) is 3.74. The molecule has 1 N–H and O–H groups in total. The summed E-state index contributed by atoms with van der Waals surface area (Å²) in [6.45, 7) is 3.60. The van der Waals surface area contributed by atoms with Crippen molar-refractivity contribution in [3.05, 3.63) is 71.4 Å². The van der Waals surface area contributed by atoms with Crippen molar-refractivity contribution in [3.8, 4) is 11.3 Å². The van der Waals surface area contributed by atoms with Crippen LogP contribution in [-0.4, -0.2) is 21.0 Å². The molecule has 1 aliphatic carbocycles. The van der Waals surface area contributed by atoms with Crippen LogP contribution in [0.3, 0.4) is 0 Å². The Kier molecular flexibility index (Phi) is 5.12. The third-order valence-electron chi connectivity index (χ3n) is 5.09. The standard InChI is InChI=1S/C22H26N4/c1-17-8-7-9-18(14-17)16-26-24-21(15-23-20-12-5-6-13-20)22(25-26)19-10-3-2-4-11-19/h2-4,7-11,14,20,23H,5-6,12-13,15-16H2,1H3. The highest BCUT2D eigenvalue weighted by Crippen LogP contribution is 2.22. The van der Waals surface area contributed by atoms with E-state index in [0.29, 0.717) is 12.6 Å². The first-order valence-electron chi connectivity index (χ1n) is 9.56. The van der Waals surface area contributed by atoms with Gasteiger partial charge in [0.1, 0.15) is 11.4 Å². The Labute approximate surface area is 155 Å². The van der Waals surface area contributed by atoms with Gasteiger partial charge in [0.05, 0.1) is 6.54 Å². The fourth-order valence-electron chi connectivity index (χ4n) is 3.74. The first-order chi connectivity index (χ1) is 12.8. The lowest BCUT2D eigenvalue weighted by Gasteiger charge is -2.10. The third-order valence-corrected chi connectivity index (χ3v) is 5.09. The first-order valence-corrected chi connectivity index (χ1v) is 9.56. The summed E-state index contributed by atoms with van der Waals surface area (Å²) in [6, 6.07) is 19.5. The van der Waals surface area contributed by atoms with Crippen LogP contribution in [0.2, 0.25) is 0 Å². The van der Waals surface area contributed by atoms with Crippen molar-refractivity contribution in [2.75, 3.05) is 0 Å². The predicted molar refractivity (Wildman–Crippen MR) is 105 cm³/mol. The van der Waals surface area contributed by atoms with E-state index in [9.17, 15) is 0 Å². The van der Waals surface area contributed by atoms with Crippen LogP contribution in [0.4, 0.5) is 0 Å². The maximum Gasteiger partial charge on any atom is 0.117 e. The molecule has 1 fully saturated rings. The molecule has 0 unspecified atom stereocenters. The third kappa shape index (κ3) is 4.02. The summed E-state index contributed by atoms with van der Waals surface area (Å²) in [4.78, 5) is 1.84. The van der Waals surface area contributed by atoms with Crippen molar-refractivity contribution in [3.63, 3.8) is 0 Å². The van der Waals surface area contributed by atoms with Crippen molar-refractivity contribution in [1.29, 1.82) is 0 Å². The van der Waals surface area contributed by atoms with E-state index >= 15 is 0 Å². The molecule has 0 aliphatic heterocycles. The van der Waals surface area contributed by atoms with Gasteiger partial charge in [-0.1, -0.05) is 73.0 Å². The minimum absolute atomic E-state index is 0.626. The normalized spacial score (nSPS) is 14.8. The quantitative estimate of drug-likeness (QED) is 0.722. The number of hydrogen-bond donors (Lipinski definition) is 1. The van der Waals surface area contributed by atoms with Gasteiger partial charge in [-0.15, -0.1) is 0 Å². The van der Waals surface area contributed by atoms with E-state index < -0.39 is 0 Å². The second-order valence-corrected chi connectivity index (χ2v) is 7.24. The van der Waals surface area contributed by atoms with Crippen LogP contribution in [0, 0.1) is 6.92 Å². The number of aromatic nitrogens is 3. The van der Waals surface area contributed by atoms with Gasteiger partial charge in [-0.3, -0.25) is 0 Å². The molecule has 1 heterocycles. The monoisotopic (exact) mass is 346 g/mol. The molecule has 0 bridgehead atoms. The van der Waals surface area contributed by atoms with Crippen LogP contribution in [0.1, 0.15) is 42.5 Å². The molecule has 26 heavy (non-hydrogen) atoms. The van der Waals surface area contributed by atoms with Crippen LogP contribution >= 0.6 is 0 Å². The Bertz CT molecular complexity index is 848. The molecule has 1 saturated carbocycles. The minimum atomic E-state index is 0.626. The lowest BCUT2D eigenvalue weighted by atomic mass is 10.1. The first kappa shape index (κ1) is 17.0. The summed E-state index contributed by atoms with van der Waals surface area (Å²) >= 11 is 0. The van der Waals surface area contributed by atoms with E-state index in [-0.39, 0.29) is 0 Å². The number of rotatable bonds is 6. The molecular formula is C22H26N4. The Morgan fingerprint density at radius 3 is 2.58 bits per heavy atom. The lowest BCUT2D eigenvalue weighted by Crippen LogP contribution is -2.25. The van der Waals surface area contributed by atoms with Crippen LogP contribution in [0.25, 0.3) is 11.3 Å². The lowest BCUT2D eigenvalue weighted by molar-refractivity contribution is 0.511. The van der Waals surface area contributed by atoms with Gasteiger partial charge in [0, 0.05) is 18.2 Å². The molecule has 0 atom stereocenters. The van der Waals surface area contributed by atoms with E-state index in [1.807, 2.05) is 10.9 Å². The van der Waals surface area contributed by atoms with E-state index in [2.05, 4.69) is 60.8 Å². The smallest absolute Gasteiger partial charge is 0.117 e. The molecule has 4 rings (SSSR count). The molecule has 4 heteroatoms. The Balaban J connectivity index is 1.58. The summed E-state index contributed by atoms with van der Waals surface area (Å²) in [5.41, 5.74) is 5.65. The van der Waals surface area contributed by atoms with Crippen molar-refractivity contribution in [2.45, 2.75) is 51.7 Å². The van der Waals surface area contributed by atoms with Crippen molar-refractivity contribution in [1.82, 2.24) is 20.3 Å². The van der Waals surface area contributed by atoms with E-state index in [1.165, 1.54) is 36.8 Å². The van der Waals surface area contributed by atoms with Gasteiger partial charge in [0.2, 0.25) is 0 Å². The van der Waals surface area contributed by atoms with Crippen LogP contribution in [0.5, 0.6) is 0 Å². The average Bonchev–Trinajstić information content (AvgIpc) is 3.30. The second kappa shape index (κ2) is 7.83. The number of hydrogen-bond acceptors (Lipinski definition) is 3. The van der Waals surface area contributed by atoms with E-state index in [4.69, 9.17) is 10.2 Å². The molecule has 1 aromatic heterocycles. The largest absolute Gasteiger partial charge is 0.308 e. The van der Waals surface area contributed by atoms with E-state index in [0.717, 1.165) is 23.5 Å². The highest BCUT2D eigenvalue weighted by Gasteiger charge is 2.18. The van der Waals surface area contributed by atoms with Gasteiger partial charge in [-0.05, 0) is 25.3 Å². The zero-order valence-electron chi connectivity index (χ0n) is 15.4. The van der Waals surface area contributed by atoms with E-state index in [1.54, 1.807) is 0 Å². The summed E-state index contributed by atoms with van der Waals surface area (Å²) < 4.78 is 0. The molecular weight excluding hydrogens is 320 g/mol. The molecule has 0 radical (unpaired) electrons. The second-order valence-electron chi connectivity index (χ2n) is 7.24. The van der Waals surface area contributed by atoms with Crippen LogP contribution < -0.4 is 5.32 Å². The summed E-state index contributed by atoms with van der Waals surface area (Å²) in [5, 5.41) is 13.3. The Hall–Kier alpha value is -2.46. The maximum absolute atomic E-state index is 4.82. The Morgan fingerprint density at radius 1 is 1.00 bits per heavy atom. The van der Waals surface area contributed by atoms with Gasteiger partial charge in [-0.25, -0.2) is 0 Å². The number of nitrogens with one attached hydrogen (secondary N) is 1. The fraction of sp³-hybridized carbons (Fsp3) is 0.364. The van der Waals surface area contributed by atoms with Crippen LogP contribution in [-0.2, 0) is 13.1 Å². The number of nitrogens with zero attached hydrogens (tertiary/aromatic N) is 3. The molecule has 1 aliphatic rings. The molecule has 4 nitrogen and oxygen atoms in total. The minimum Gasteiger partial charge on any atom is -0.308 e. The van der Waals surface area contributed by atoms with Crippen LogP contribution in [0.15, 0.2) is 54.6 Å². The molecule has 0 saturated heterocycles. The maximum atomic E-state index is 4.82. The average molecular weight is 346 g/mol. The van der Waals surface area contributed by atoms with Gasteiger partial charge in [0.15, 0.2) is 0 Å². The van der Waals surface area contributed by atoms with Gasteiger partial charge < -0.3 is 5.32 Å². The van der Waals surface area contributed by atoms with Gasteiger partial charge in [0.25, 0.3) is 0 Å².